The fourth-order valence-corrected chi connectivity index (χ4v) is 3.69. The van der Waals surface area contributed by atoms with Gasteiger partial charge in [-0.1, -0.05) is 54.6 Å². The maximum atomic E-state index is 12.6. The summed E-state index contributed by atoms with van der Waals surface area (Å²) in [5.41, 5.74) is 4.03. The lowest BCUT2D eigenvalue weighted by Gasteiger charge is -2.34. The molecule has 0 unspecified atom stereocenters. The number of nitrogens with zero attached hydrogens (tertiary/aromatic N) is 1. The standard InChI is InChI=1S/C23H23N3O2/c1-26-15-18-10-6-5-9-17(18)13-19(26)14-24-22(27)20-11-12-21(25-23(20)28)16-7-3-2-4-8-16/h2-12,19H,13-15H2,1H3,(H,24,27)(H,25,28)/t19-/m1/s1. The molecule has 0 bridgehead atoms. The molecule has 5 nitrogen and oxygen atoms in total. The van der Waals surface area contributed by atoms with Crippen molar-refractivity contribution in [1.82, 2.24) is 15.2 Å². The number of hydrogen-bond acceptors (Lipinski definition) is 3. The highest BCUT2D eigenvalue weighted by Gasteiger charge is 2.23. The summed E-state index contributed by atoms with van der Waals surface area (Å²) in [4.78, 5) is 30.0. The Morgan fingerprint density at radius 3 is 2.50 bits per heavy atom. The molecule has 1 aliphatic heterocycles. The summed E-state index contributed by atoms with van der Waals surface area (Å²) < 4.78 is 0. The van der Waals surface area contributed by atoms with Crippen LogP contribution in [0.5, 0.6) is 0 Å². The monoisotopic (exact) mass is 373 g/mol. The molecule has 142 valence electrons. The summed E-state index contributed by atoms with van der Waals surface area (Å²) in [6.07, 6.45) is 0.885. The van der Waals surface area contributed by atoms with Crippen molar-refractivity contribution < 1.29 is 4.79 Å². The molecule has 2 N–H and O–H groups in total. The minimum atomic E-state index is -0.374. The molecule has 0 spiro atoms. The summed E-state index contributed by atoms with van der Waals surface area (Å²) >= 11 is 0. The highest BCUT2D eigenvalue weighted by atomic mass is 16.2. The molecular weight excluding hydrogens is 350 g/mol. The van der Waals surface area contributed by atoms with Gasteiger partial charge in [-0.05, 0) is 42.3 Å². The largest absolute Gasteiger partial charge is 0.350 e. The maximum absolute atomic E-state index is 12.6. The lowest BCUT2D eigenvalue weighted by atomic mass is 9.94. The van der Waals surface area contributed by atoms with Gasteiger partial charge in [0, 0.05) is 24.8 Å². The Labute approximate surface area is 164 Å². The molecule has 1 amide bonds. The van der Waals surface area contributed by atoms with Crippen LogP contribution in [0.25, 0.3) is 11.3 Å². The van der Waals surface area contributed by atoms with Crippen molar-refractivity contribution in [3.63, 3.8) is 0 Å². The highest BCUT2D eigenvalue weighted by molar-refractivity contribution is 5.94. The maximum Gasteiger partial charge on any atom is 0.261 e. The van der Waals surface area contributed by atoms with E-state index >= 15 is 0 Å². The van der Waals surface area contributed by atoms with E-state index in [1.165, 1.54) is 11.1 Å². The Hall–Kier alpha value is -3.18. The summed E-state index contributed by atoms with van der Waals surface area (Å²) in [6, 6.07) is 21.5. The number of rotatable bonds is 4. The molecule has 0 fully saturated rings. The lowest BCUT2D eigenvalue weighted by molar-refractivity contribution is 0.0933. The van der Waals surface area contributed by atoms with Crippen LogP contribution in [0.1, 0.15) is 21.5 Å². The third kappa shape index (κ3) is 3.75. The molecule has 1 aliphatic rings. The minimum absolute atomic E-state index is 0.138. The number of carbonyl (C=O) groups is 1. The first-order valence-electron chi connectivity index (χ1n) is 9.46. The summed E-state index contributed by atoms with van der Waals surface area (Å²) in [5, 5.41) is 2.93. The van der Waals surface area contributed by atoms with Gasteiger partial charge < -0.3 is 10.3 Å². The fraction of sp³-hybridized carbons (Fsp3) is 0.217. The van der Waals surface area contributed by atoms with E-state index in [0.717, 1.165) is 18.5 Å². The first-order valence-corrected chi connectivity index (χ1v) is 9.46. The van der Waals surface area contributed by atoms with E-state index in [1.807, 2.05) is 36.4 Å². The first kappa shape index (κ1) is 18.2. The Bertz CT molecular complexity index is 1040. The number of hydrogen-bond donors (Lipinski definition) is 2. The van der Waals surface area contributed by atoms with Crippen LogP contribution in [0.4, 0.5) is 0 Å². The SMILES string of the molecule is CN1Cc2ccccc2C[C@@H]1CNC(=O)c1ccc(-c2ccccc2)[nH]c1=O. The first-order chi connectivity index (χ1) is 13.6. The number of carbonyl (C=O) groups excluding carboxylic acids is 1. The Morgan fingerprint density at radius 1 is 1.04 bits per heavy atom. The Morgan fingerprint density at radius 2 is 1.75 bits per heavy atom. The summed E-state index contributed by atoms with van der Waals surface area (Å²) in [7, 11) is 2.06. The second-order valence-corrected chi connectivity index (χ2v) is 7.23. The van der Waals surface area contributed by atoms with E-state index in [1.54, 1.807) is 12.1 Å². The third-order valence-electron chi connectivity index (χ3n) is 5.35. The zero-order valence-electron chi connectivity index (χ0n) is 15.8. The van der Waals surface area contributed by atoms with Gasteiger partial charge in [-0.15, -0.1) is 0 Å². The number of H-pyrrole nitrogens is 1. The number of nitrogens with one attached hydrogen (secondary N) is 2. The van der Waals surface area contributed by atoms with Crippen molar-refractivity contribution in [2.75, 3.05) is 13.6 Å². The molecule has 2 aromatic carbocycles. The number of likely N-dealkylation sites (N-methyl/N-ethyl adjacent to an activating group) is 1. The van der Waals surface area contributed by atoms with Gasteiger partial charge in [-0.3, -0.25) is 14.5 Å². The molecule has 0 saturated carbocycles. The van der Waals surface area contributed by atoms with Crippen molar-refractivity contribution in [1.29, 1.82) is 0 Å². The highest BCUT2D eigenvalue weighted by Crippen LogP contribution is 2.21. The van der Waals surface area contributed by atoms with Crippen LogP contribution in [0, 0.1) is 0 Å². The van der Waals surface area contributed by atoms with Crippen molar-refractivity contribution in [3.8, 4) is 11.3 Å². The average molecular weight is 373 g/mol. The van der Waals surface area contributed by atoms with Gasteiger partial charge >= 0.3 is 0 Å². The molecule has 0 aliphatic carbocycles. The van der Waals surface area contributed by atoms with Crippen molar-refractivity contribution in [2.45, 2.75) is 19.0 Å². The van der Waals surface area contributed by atoms with Crippen molar-refractivity contribution in [2.24, 2.45) is 0 Å². The van der Waals surface area contributed by atoms with Gasteiger partial charge in [0.15, 0.2) is 0 Å². The molecule has 2 heterocycles. The van der Waals surface area contributed by atoms with E-state index in [9.17, 15) is 9.59 Å². The van der Waals surface area contributed by atoms with E-state index in [2.05, 4.69) is 40.4 Å². The topological polar surface area (TPSA) is 65.2 Å². The normalized spacial score (nSPS) is 16.4. The molecule has 3 aromatic rings. The van der Waals surface area contributed by atoms with Crippen molar-refractivity contribution >= 4 is 5.91 Å². The van der Waals surface area contributed by atoms with Gasteiger partial charge in [-0.2, -0.15) is 0 Å². The van der Waals surface area contributed by atoms with Crippen LogP contribution < -0.4 is 10.9 Å². The second kappa shape index (κ2) is 7.82. The molecule has 0 radical (unpaired) electrons. The molecular formula is C23H23N3O2. The van der Waals surface area contributed by atoms with Gasteiger partial charge in [0.1, 0.15) is 5.56 Å². The van der Waals surface area contributed by atoms with E-state index in [4.69, 9.17) is 0 Å². The van der Waals surface area contributed by atoms with E-state index in [-0.39, 0.29) is 23.1 Å². The van der Waals surface area contributed by atoms with E-state index < -0.39 is 0 Å². The zero-order chi connectivity index (χ0) is 19.5. The van der Waals surface area contributed by atoms with Gasteiger partial charge in [-0.25, -0.2) is 0 Å². The smallest absolute Gasteiger partial charge is 0.261 e. The second-order valence-electron chi connectivity index (χ2n) is 7.23. The lowest BCUT2D eigenvalue weighted by Crippen LogP contribution is -2.46. The Kier molecular flexibility index (Phi) is 5.08. The quantitative estimate of drug-likeness (QED) is 0.739. The number of aromatic nitrogens is 1. The zero-order valence-corrected chi connectivity index (χ0v) is 15.8. The molecule has 4 rings (SSSR count). The molecule has 1 aromatic heterocycles. The summed E-state index contributed by atoms with van der Waals surface area (Å²) in [6.45, 7) is 1.37. The van der Waals surface area contributed by atoms with Crippen molar-refractivity contribution in [3.05, 3.63) is 93.8 Å². The Balaban J connectivity index is 1.44. The predicted molar refractivity (Wildman–Crippen MR) is 110 cm³/mol. The molecule has 5 heteroatoms. The fourth-order valence-electron chi connectivity index (χ4n) is 3.69. The number of amides is 1. The number of aromatic amines is 1. The summed E-state index contributed by atoms with van der Waals surface area (Å²) in [5.74, 6) is -0.340. The van der Waals surface area contributed by atoms with Crippen LogP contribution >= 0.6 is 0 Å². The van der Waals surface area contributed by atoms with Gasteiger partial charge in [0.25, 0.3) is 11.5 Å². The number of benzene rings is 2. The van der Waals surface area contributed by atoms with Gasteiger partial charge in [0.05, 0.1) is 0 Å². The number of pyridine rings is 1. The molecule has 1 atom stereocenters. The molecule has 28 heavy (non-hydrogen) atoms. The van der Waals surface area contributed by atoms with Crippen LogP contribution in [0.15, 0.2) is 71.5 Å². The van der Waals surface area contributed by atoms with Crippen LogP contribution in [0.2, 0.25) is 0 Å². The minimum Gasteiger partial charge on any atom is -0.350 e. The molecule has 0 saturated heterocycles. The number of fused-ring (bicyclic) bond motifs is 1. The van der Waals surface area contributed by atoms with Crippen LogP contribution in [-0.2, 0) is 13.0 Å². The average Bonchev–Trinajstić information content (AvgIpc) is 2.72. The van der Waals surface area contributed by atoms with Gasteiger partial charge in [0.2, 0.25) is 0 Å². The predicted octanol–water partition coefficient (Wildman–Crippen LogP) is 2.83. The van der Waals surface area contributed by atoms with Crippen LogP contribution in [-0.4, -0.2) is 35.4 Å². The van der Waals surface area contributed by atoms with E-state index in [0.29, 0.717) is 12.2 Å². The third-order valence-corrected chi connectivity index (χ3v) is 5.35. The van der Waals surface area contributed by atoms with Crippen LogP contribution in [0.3, 0.4) is 0 Å².